The molecule has 3 heteroatoms. The van der Waals surface area contributed by atoms with Crippen LogP contribution in [-0.4, -0.2) is 9.77 Å². The van der Waals surface area contributed by atoms with E-state index < -0.39 is 14.7 Å². The molecule has 0 aliphatic heterocycles. The summed E-state index contributed by atoms with van der Waals surface area (Å²) >= 11 is -5.80. The second-order valence-electron chi connectivity index (χ2n) is 15.2. The maximum atomic E-state index is 8.82. The van der Waals surface area contributed by atoms with Gasteiger partial charge in [0.1, 0.15) is 0 Å². The molecule has 2 aliphatic rings. The van der Waals surface area contributed by atoms with Crippen molar-refractivity contribution in [2.75, 3.05) is 0 Å². The Labute approximate surface area is 289 Å². The first-order chi connectivity index (χ1) is 22.2. The summed E-state index contributed by atoms with van der Waals surface area (Å²) in [6, 6.07) is 35.3. The summed E-state index contributed by atoms with van der Waals surface area (Å²) in [6.45, 7) is 17.6. The quantitative estimate of drug-likeness (QED) is 0.0909. The van der Waals surface area contributed by atoms with Crippen LogP contribution in [0, 0.1) is 0 Å². The van der Waals surface area contributed by atoms with E-state index in [2.05, 4.69) is 163 Å². The summed E-state index contributed by atoms with van der Waals surface area (Å²) in [6.07, 6.45) is 11.8. The van der Waals surface area contributed by atoms with Crippen LogP contribution in [0.4, 0.5) is 0 Å². The Bertz CT molecular complexity index is 2090. The van der Waals surface area contributed by atoms with Crippen molar-refractivity contribution in [3.8, 4) is 11.1 Å². The van der Waals surface area contributed by atoms with Crippen molar-refractivity contribution in [1.82, 2.24) is 0 Å². The molecule has 0 unspecified atom stereocenters. The number of hydrogen-bond donors (Lipinski definition) is 0. The van der Waals surface area contributed by atoms with Crippen LogP contribution in [0.1, 0.15) is 94.2 Å². The topological polar surface area (TPSA) is 0 Å². The molecule has 0 heterocycles. The van der Waals surface area contributed by atoms with E-state index in [1.165, 1.54) is 39.0 Å². The zero-order chi connectivity index (χ0) is 33.6. The van der Waals surface area contributed by atoms with E-state index in [1.54, 1.807) is 0 Å². The number of hydrogen-bond acceptors (Lipinski definition) is 0. The normalized spacial score (nSPS) is 14.1. The summed E-state index contributed by atoms with van der Waals surface area (Å²) in [5.74, 6) is 0. The van der Waals surface area contributed by atoms with Gasteiger partial charge in [-0.05, 0) is 0 Å². The first-order valence-electron chi connectivity index (χ1n) is 16.8. The van der Waals surface area contributed by atoms with Crippen molar-refractivity contribution in [3.63, 3.8) is 0 Å². The molecule has 0 N–H and O–H groups in total. The SMILES string of the molecule is C=CCCCC1=C[C](=[Hf]([Cl])([Cl])(=[C](c2ccccc2)c2ccccc2)=[C]2c3cc(C(C)(C)C)ccc3-c3ccc(C(C)(C)C)cc32)C=C1. The Morgan fingerprint density at radius 2 is 1.15 bits per heavy atom. The minimum absolute atomic E-state index is 0.0411. The zero-order valence-electron chi connectivity index (χ0n) is 28.6. The van der Waals surface area contributed by atoms with Gasteiger partial charge in [0.15, 0.2) is 0 Å². The molecule has 6 rings (SSSR count). The molecule has 0 saturated heterocycles. The van der Waals surface area contributed by atoms with Gasteiger partial charge < -0.3 is 0 Å². The van der Waals surface area contributed by atoms with E-state index in [9.17, 15) is 0 Å². The van der Waals surface area contributed by atoms with Gasteiger partial charge in [-0.15, -0.1) is 0 Å². The van der Waals surface area contributed by atoms with Crippen LogP contribution < -0.4 is 0 Å². The van der Waals surface area contributed by atoms with Crippen LogP contribution in [0.25, 0.3) is 11.1 Å². The molecule has 0 spiro atoms. The monoisotopic (exact) mass is 824 g/mol. The van der Waals surface area contributed by atoms with Gasteiger partial charge in [0.2, 0.25) is 0 Å². The van der Waals surface area contributed by atoms with Crippen LogP contribution in [0.3, 0.4) is 0 Å². The molecule has 0 nitrogen and oxygen atoms in total. The van der Waals surface area contributed by atoms with Crippen LogP contribution in [0.2, 0.25) is 0 Å². The van der Waals surface area contributed by atoms with Crippen molar-refractivity contribution in [2.45, 2.75) is 71.6 Å². The Balaban J connectivity index is 1.97. The third kappa shape index (κ3) is 6.14. The van der Waals surface area contributed by atoms with E-state index in [0.717, 1.165) is 40.2 Å². The molecule has 2 aliphatic carbocycles. The fraction of sp³-hybridized carbons (Fsp3) is 0.250. The van der Waals surface area contributed by atoms with Gasteiger partial charge in [0.25, 0.3) is 0 Å². The molecule has 0 bridgehead atoms. The second kappa shape index (κ2) is 12.6. The van der Waals surface area contributed by atoms with E-state index in [1.807, 2.05) is 6.08 Å². The second-order valence-corrected chi connectivity index (χ2v) is 42.1. The number of halogens is 2. The molecule has 47 heavy (non-hydrogen) atoms. The molecule has 0 atom stereocenters. The van der Waals surface area contributed by atoms with Gasteiger partial charge in [-0.2, -0.15) is 0 Å². The molecule has 0 fully saturated rings. The van der Waals surface area contributed by atoms with E-state index >= 15 is 0 Å². The van der Waals surface area contributed by atoms with Crippen molar-refractivity contribution >= 4 is 26.9 Å². The van der Waals surface area contributed by atoms with E-state index in [-0.39, 0.29) is 10.8 Å². The molecule has 0 saturated carbocycles. The van der Waals surface area contributed by atoms with Crippen molar-refractivity contribution in [3.05, 3.63) is 167 Å². The van der Waals surface area contributed by atoms with Crippen molar-refractivity contribution < 1.29 is 14.7 Å². The minimum atomic E-state index is -5.80. The average molecular weight is 824 g/mol. The van der Waals surface area contributed by atoms with Crippen molar-refractivity contribution in [2.24, 2.45) is 0 Å². The molecule has 4 aromatic rings. The molecule has 4 aromatic carbocycles. The fourth-order valence-corrected chi connectivity index (χ4v) is 31.6. The average Bonchev–Trinajstić information content (AvgIpc) is 3.65. The molecule has 0 radical (unpaired) electrons. The van der Waals surface area contributed by atoms with Crippen molar-refractivity contribution in [1.29, 1.82) is 0 Å². The number of rotatable bonds is 6. The third-order valence-electron chi connectivity index (χ3n) is 9.80. The summed E-state index contributed by atoms with van der Waals surface area (Å²) in [5, 5.41) is 0. The summed E-state index contributed by atoms with van der Waals surface area (Å²) in [4.78, 5) is 0. The Morgan fingerprint density at radius 3 is 1.60 bits per heavy atom. The molecule has 0 aromatic heterocycles. The fourth-order valence-electron chi connectivity index (χ4n) is 7.19. The molecular formula is C44H46Cl2Hf. The van der Waals surface area contributed by atoms with Gasteiger partial charge >= 0.3 is 291 Å². The third-order valence-corrected chi connectivity index (χ3v) is 34.6. The Hall–Kier alpha value is -2.84. The Morgan fingerprint density at radius 1 is 0.660 bits per heavy atom. The number of benzene rings is 4. The van der Waals surface area contributed by atoms with Crippen LogP contribution >= 0.6 is 17.2 Å². The predicted octanol–water partition coefficient (Wildman–Crippen LogP) is 12.1. The Kier molecular flexibility index (Phi) is 9.09. The van der Waals surface area contributed by atoms with Gasteiger partial charge in [-0.1, -0.05) is 0 Å². The van der Waals surface area contributed by atoms with Crippen LogP contribution in [0.15, 0.2) is 134 Å². The van der Waals surface area contributed by atoms with Gasteiger partial charge in [-0.3, -0.25) is 0 Å². The number of allylic oxidation sites excluding steroid dienone is 5. The maximum absolute atomic E-state index is 8.82. The van der Waals surface area contributed by atoms with Gasteiger partial charge in [-0.25, -0.2) is 0 Å². The van der Waals surface area contributed by atoms with Crippen LogP contribution in [0.5, 0.6) is 0 Å². The predicted molar refractivity (Wildman–Crippen MR) is 207 cm³/mol. The van der Waals surface area contributed by atoms with E-state index in [4.69, 9.17) is 17.2 Å². The summed E-state index contributed by atoms with van der Waals surface area (Å²) < 4.78 is 3.29. The number of fused-ring (bicyclic) bond motifs is 3. The summed E-state index contributed by atoms with van der Waals surface area (Å²) in [5.41, 5.74) is 10.7. The zero-order valence-corrected chi connectivity index (χ0v) is 33.7. The van der Waals surface area contributed by atoms with E-state index in [0.29, 0.717) is 0 Å². The first kappa shape index (κ1) is 34.0. The van der Waals surface area contributed by atoms with Crippen LogP contribution in [-0.2, 0) is 25.5 Å². The first-order valence-corrected chi connectivity index (χ1v) is 31.1. The summed E-state index contributed by atoms with van der Waals surface area (Å²) in [7, 11) is 17.6. The van der Waals surface area contributed by atoms with Gasteiger partial charge in [0, 0.05) is 0 Å². The molecule has 240 valence electrons. The van der Waals surface area contributed by atoms with Gasteiger partial charge in [0.05, 0.1) is 0 Å². The number of unbranched alkanes of at least 4 members (excludes halogenated alkanes) is 1. The molecular weight excluding hydrogens is 778 g/mol. The standard InChI is InChI=1S/C21H24.C13H10.C10H12.2ClH.Hf/c1-20(2,3)16-7-9-18-14(12-16)11-15-13-17(21(4,5)6)8-10-19(15)18;1-3-7-12(8-4-1)11-13-9-5-2-6-10-13;1-2-3-4-7-10-8-5-6-9-10;;;/h7-10,12-13H,1-6H3;1-10H;2,5,8-9H,1,3-4,7H2;2*1H;/q;;;;;+2/p-2. The molecule has 0 amide bonds.